The molecular weight excluding hydrogens is 298 g/mol. The lowest BCUT2D eigenvalue weighted by Gasteiger charge is -2.06. The molecule has 0 N–H and O–H groups in total. The smallest absolute Gasteiger partial charge is 0.119 e. The number of aromatic nitrogens is 5. The molecule has 0 aliphatic rings. The molecule has 2 aromatic heterocycles. The van der Waals surface area contributed by atoms with E-state index in [4.69, 9.17) is 4.74 Å². The van der Waals surface area contributed by atoms with Gasteiger partial charge in [-0.1, -0.05) is 16.6 Å². The average molecular weight is 315 g/mol. The summed E-state index contributed by atoms with van der Waals surface area (Å²) >= 11 is 1.35. The Bertz CT molecular complexity index is 693. The Labute approximate surface area is 132 Å². The van der Waals surface area contributed by atoms with Crippen LogP contribution in [0.15, 0.2) is 35.8 Å². The fourth-order valence-corrected chi connectivity index (χ4v) is 2.50. The number of rotatable bonds is 7. The van der Waals surface area contributed by atoms with Gasteiger partial charge in [0.2, 0.25) is 0 Å². The van der Waals surface area contributed by atoms with Gasteiger partial charge < -0.3 is 4.74 Å². The van der Waals surface area contributed by atoms with Crippen LogP contribution in [0.4, 0.5) is 0 Å². The summed E-state index contributed by atoms with van der Waals surface area (Å²) in [6, 6.07) is 7.91. The summed E-state index contributed by atoms with van der Waals surface area (Å²) in [5.74, 6) is 0.861. The molecule has 0 atom stereocenters. The van der Waals surface area contributed by atoms with Crippen molar-refractivity contribution in [1.82, 2.24) is 24.6 Å². The predicted octanol–water partition coefficient (Wildman–Crippen LogP) is 2.83. The average Bonchev–Trinajstić information content (AvgIpc) is 3.23. The van der Waals surface area contributed by atoms with Gasteiger partial charge in [0.05, 0.1) is 12.3 Å². The van der Waals surface area contributed by atoms with Gasteiger partial charge in [0.15, 0.2) is 0 Å². The molecule has 0 saturated carbocycles. The third-order valence-corrected chi connectivity index (χ3v) is 3.76. The summed E-state index contributed by atoms with van der Waals surface area (Å²) in [5.41, 5.74) is 2.97. The van der Waals surface area contributed by atoms with Crippen LogP contribution in [0.1, 0.15) is 19.0 Å². The van der Waals surface area contributed by atoms with E-state index in [0.717, 1.165) is 42.1 Å². The minimum absolute atomic E-state index is 0.652. The van der Waals surface area contributed by atoms with Gasteiger partial charge in [-0.15, -0.1) is 10.2 Å². The van der Waals surface area contributed by atoms with Crippen LogP contribution < -0.4 is 4.74 Å². The van der Waals surface area contributed by atoms with Crippen LogP contribution in [-0.4, -0.2) is 31.2 Å². The molecule has 0 spiro atoms. The van der Waals surface area contributed by atoms with Crippen molar-refractivity contribution in [3.8, 4) is 17.0 Å². The molecule has 3 aromatic rings. The molecule has 2 heterocycles. The minimum Gasteiger partial charge on any atom is -0.494 e. The Morgan fingerprint density at radius 2 is 2.05 bits per heavy atom. The van der Waals surface area contributed by atoms with Gasteiger partial charge in [0.25, 0.3) is 0 Å². The molecule has 0 aliphatic heterocycles. The topological polar surface area (TPSA) is 65.7 Å². The molecule has 1 aromatic carbocycles. The first-order valence-electron chi connectivity index (χ1n) is 7.24. The lowest BCUT2D eigenvalue weighted by atomic mass is 10.2. The van der Waals surface area contributed by atoms with E-state index in [9.17, 15) is 0 Å². The van der Waals surface area contributed by atoms with Gasteiger partial charge in [-0.25, -0.2) is 0 Å². The van der Waals surface area contributed by atoms with Crippen molar-refractivity contribution in [3.63, 3.8) is 0 Å². The molecule has 0 fully saturated rings. The maximum atomic E-state index is 5.74. The summed E-state index contributed by atoms with van der Waals surface area (Å²) in [5, 5.41) is 14.1. The van der Waals surface area contributed by atoms with Crippen LogP contribution in [0.5, 0.6) is 5.75 Å². The van der Waals surface area contributed by atoms with E-state index in [-0.39, 0.29) is 0 Å². The van der Waals surface area contributed by atoms with Crippen molar-refractivity contribution in [3.05, 3.63) is 41.5 Å². The lowest BCUT2D eigenvalue weighted by molar-refractivity contribution is 0.298. The van der Waals surface area contributed by atoms with Crippen molar-refractivity contribution in [2.45, 2.75) is 26.3 Å². The number of ether oxygens (including phenoxy) is 1. The van der Waals surface area contributed by atoms with E-state index >= 15 is 0 Å². The van der Waals surface area contributed by atoms with E-state index in [0.29, 0.717) is 6.61 Å². The maximum absolute atomic E-state index is 5.74. The molecule has 6 nitrogen and oxygen atoms in total. The fraction of sp³-hybridized carbons (Fsp3) is 0.333. The highest BCUT2D eigenvalue weighted by atomic mass is 32.1. The molecule has 0 radical (unpaired) electrons. The van der Waals surface area contributed by atoms with Gasteiger partial charge in [-0.2, -0.15) is 0 Å². The zero-order valence-electron chi connectivity index (χ0n) is 12.3. The first kappa shape index (κ1) is 14.6. The Kier molecular flexibility index (Phi) is 4.75. The van der Waals surface area contributed by atoms with E-state index in [1.165, 1.54) is 11.5 Å². The normalized spacial score (nSPS) is 10.8. The van der Waals surface area contributed by atoms with Crippen LogP contribution in [0.25, 0.3) is 11.3 Å². The maximum Gasteiger partial charge on any atom is 0.119 e. The Balaban J connectivity index is 1.45. The Morgan fingerprint density at radius 1 is 1.18 bits per heavy atom. The summed E-state index contributed by atoms with van der Waals surface area (Å²) in [6.07, 6.45) is 3.79. The predicted molar refractivity (Wildman–Crippen MR) is 84.9 cm³/mol. The molecule has 7 heteroatoms. The number of hydrogen-bond acceptors (Lipinski definition) is 6. The summed E-state index contributed by atoms with van der Waals surface area (Å²) in [4.78, 5) is 0. The number of hydrogen-bond donors (Lipinski definition) is 0. The summed E-state index contributed by atoms with van der Waals surface area (Å²) in [6.45, 7) is 3.54. The van der Waals surface area contributed by atoms with E-state index in [1.807, 2.05) is 40.5 Å². The standard InChI is InChI=1S/C15H17N5OS/c1-2-13-10-20(18-16-13)8-3-9-21-14-6-4-12(5-7-14)15-11-22-19-17-15/h4-7,10-11H,2-3,8-9H2,1H3. The molecule has 0 unspecified atom stereocenters. The van der Waals surface area contributed by atoms with Crippen LogP contribution >= 0.6 is 11.5 Å². The number of aryl methyl sites for hydroxylation is 2. The van der Waals surface area contributed by atoms with Crippen molar-refractivity contribution in [2.24, 2.45) is 0 Å². The fourth-order valence-electron chi connectivity index (χ4n) is 2.04. The second kappa shape index (κ2) is 7.13. The molecule has 0 amide bonds. The van der Waals surface area contributed by atoms with Crippen LogP contribution in [0.3, 0.4) is 0 Å². The Morgan fingerprint density at radius 3 is 2.73 bits per heavy atom. The minimum atomic E-state index is 0.652. The largest absolute Gasteiger partial charge is 0.494 e. The van der Waals surface area contributed by atoms with Gasteiger partial charge in [0.1, 0.15) is 11.4 Å². The van der Waals surface area contributed by atoms with Crippen LogP contribution in [0.2, 0.25) is 0 Å². The molecule has 3 rings (SSSR count). The van der Waals surface area contributed by atoms with Crippen molar-refractivity contribution in [2.75, 3.05) is 6.61 Å². The summed E-state index contributed by atoms with van der Waals surface area (Å²) in [7, 11) is 0. The van der Waals surface area contributed by atoms with Gasteiger partial charge in [-0.05, 0) is 42.2 Å². The van der Waals surface area contributed by atoms with Crippen molar-refractivity contribution < 1.29 is 4.74 Å². The zero-order chi connectivity index (χ0) is 15.2. The van der Waals surface area contributed by atoms with Crippen LogP contribution in [0, 0.1) is 0 Å². The number of nitrogens with zero attached hydrogens (tertiary/aromatic N) is 5. The first-order chi connectivity index (χ1) is 10.8. The SMILES string of the molecule is CCc1cn(CCCOc2ccc(-c3csnn3)cc2)nn1. The lowest BCUT2D eigenvalue weighted by Crippen LogP contribution is -2.05. The van der Waals surface area contributed by atoms with E-state index < -0.39 is 0 Å². The third kappa shape index (κ3) is 3.67. The Hall–Kier alpha value is -2.28. The second-order valence-corrected chi connectivity index (χ2v) is 5.45. The highest BCUT2D eigenvalue weighted by Crippen LogP contribution is 2.21. The number of benzene rings is 1. The molecule has 114 valence electrons. The monoisotopic (exact) mass is 315 g/mol. The molecule has 0 saturated heterocycles. The van der Waals surface area contributed by atoms with Gasteiger partial charge >= 0.3 is 0 Å². The highest BCUT2D eigenvalue weighted by Gasteiger charge is 2.02. The second-order valence-electron chi connectivity index (χ2n) is 4.84. The van der Waals surface area contributed by atoms with E-state index in [1.54, 1.807) is 0 Å². The van der Waals surface area contributed by atoms with Crippen molar-refractivity contribution >= 4 is 11.5 Å². The quantitative estimate of drug-likeness (QED) is 0.627. The molecule has 22 heavy (non-hydrogen) atoms. The first-order valence-corrected chi connectivity index (χ1v) is 8.08. The highest BCUT2D eigenvalue weighted by molar-refractivity contribution is 7.03. The third-order valence-electron chi connectivity index (χ3n) is 3.26. The molecule has 0 aliphatic carbocycles. The van der Waals surface area contributed by atoms with Crippen molar-refractivity contribution in [1.29, 1.82) is 0 Å². The molecular formula is C15H17N5OS. The van der Waals surface area contributed by atoms with E-state index in [2.05, 4.69) is 26.8 Å². The van der Waals surface area contributed by atoms with Crippen LogP contribution in [-0.2, 0) is 13.0 Å². The van der Waals surface area contributed by atoms with Gasteiger partial charge in [0, 0.05) is 30.1 Å². The van der Waals surface area contributed by atoms with Gasteiger partial charge in [-0.3, -0.25) is 4.68 Å². The molecule has 0 bridgehead atoms. The summed E-state index contributed by atoms with van der Waals surface area (Å²) < 4.78 is 11.5. The zero-order valence-corrected chi connectivity index (χ0v) is 13.2.